The molecule has 0 radical (unpaired) electrons. The van der Waals surface area contributed by atoms with Crippen molar-refractivity contribution in [1.29, 1.82) is 0 Å². The highest BCUT2D eigenvalue weighted by molar-refractivity contribution is 5.94. The minimum Gasteiger partial charge on any atom is -0.378 e. The molecule has 0 N–H and O–H groups in total. The van der Waals surface area contributed by atoms with E-state index in [1.54, 1.807) is 4.90 Å². The number of hydrogen-bond acceptors (Lipinski definition) is 4. The summed E-state index contributed by atoms with van der Waals surface area (Å²) in [7, 11) is 8.01. The van der Waals surface area contributed by atoms with Crippen LogP contribution in [-0.2, 0) is 19.5 Å². The number of amides is 1. The Labute approximate surface area is 202 Å². The fourth-order valence-electron chi connectivity index (χ4n) is 4.25. The number of pyridine rings is 1. The van der Waals surface area contributed by atoms with Crippen LogP contribution < -0.4 is 9.80 Å². The second kappa shape index (κ2) is 10.00. The van der Waals surface area contributed by atoms with Crippen molar-refractivity contribution >= 4 is 23.1 Å². The minimum atomic E-state index is -0.00891. The maximum atomic E-state index is 13.2. The second-order valence-electron chi connectivity index (χ2n) is 8.95. The summed E-state index contributed by atoms with van der Waals surface area (Å²) in [4.78, 5) is 24.1. The standard InChI is InChI=1S/C28H33N5O/c1-6-25-27(31(4)18-22-12-15-24(16-13-22)30(2)3)33-20-23(14-17-26(33)29-25)28(34)32(5)19-21-10-8-7-9-11-21/h7-17,20H,6,18-19H2,1-5H3. The number of rotatable bonds is 8. The van der Waals surface area contributed by atoms with Gasteiger partial charge in [-0.15, -0.1) is 0 Å². The molecule has 0 spiro atoms. The number of nitrogens with zero attached hydrogens (tertiary/aromatic N) is 5. The van der Waals surface area contributed by atoms with Gasteiger partial charge in [-0.05, 0) is 41.8 Å². The Morgan fingerprint density at radius 1 is 0.853 bits per heavy atom. The van der Waals surface area contributed by atoms with Crippen LogP contribution in [0.5, 0.6) is 0 Å². The molecule has 4 aromatic rings. The van der Waals surface area contributed by atoms with Crippen molar-refractivity contribution in [3.8, 4) is 0 Å². The Morgan fingerprint density at radius 3 is 2.18 bits per heavy atom. The summed E-state index contributed by atoms with van der Waals surface area (Å²) >= 11 is 0. The van der Waals surface area contributed by atoms with Gasteiger partial charge in [0.2, 0.25) is 0 Å². The lowest BCUT2D eigenvalue weighted by molar-refractivity contribution is 0.0784. The Morgan fingerprint density at radius 2 is 1.53 bits per heavy atom. The molecule has 2 heterocycles. The number of benzene rings is 2. The first-order valence-corrected chi connectivity index (χ1v) is 11.6. The summed E-state index contributed by atoms with van der Waals surface area (Å²) in [6.45, 7) is 3.43. The van der Waals surface area contributed by atoms with Gasteiger partial charge in [-0.25, -0.2) is 4.98 Å². The number of carbonyl (C=O) groups excluding carboxylic acids is 1. The van der Waals surface area contributed by atoms with Crippen LogP contribution in [0.4, 0.5) is 11.5 Å². The van der Waals surface area contributed by atoms with E-state index in [0.29, 0.717) is 12.1 Å². The highest BCUT2D eigenvalue weighted by atomic mass is 16.2. The summed E-state index contributed by atoms with van der Waals surface area (Å²) in [5, 5.41) is 0. The molecule has 0 bridgehead atoms. The maximum absolute atomic E-state index is 13.2. The van der Waals surface area contributed by atoms with Crippen LogP contribution in [-0.4, -0.2) is 48.4 Å². The van der Waals surface area contributed by atoms with E-state index in [1.165, 1.54) is 11.3 Å². The van der Waals surface area contributed by atoms with Gasteiger partial charge < -0.3 is 14.7 Å². The van der Waals surface area contributed by atoms with E-state index >= 15 is 0 Å². The van der Waals surface area contributed by atoms with Crippen molar-refractivity contribution in [1.82, 2.24) is 14.3 Å². The third-order valence-electron chi connectivity index (χ3n) is 6.09. The Kier molecular flexibility index (Phi) is 6.87. The maximum Gasteiger partial charge on any atom is 0.255 e. The van der Waals surface area contributed by atoms with E-state index in [1.807, 2.05) is 69.8 Å². The summed E-state index contributed by atoms with van der Waals surface area (Å²) in [5.74, 6) is 1.01. The van der Waals surface area contributed by atoms with Gasteiger partial charge in [0.1, 0.15) is 11.5 Å². The fraction of sp³-hybridized carbons (Fsp3) is 0.286. The molecule has 176 valence electrons. The van der Waals surface area contributed by atoms with Crippen LogP contribution in [0.3, 0.4) is 0 Å². The van der Waals surface area contributed by atoms with Crippen molar-refractivity contribution in [3.63, 3.8) is 0 Å². The van der Waals surface area contributed by atoms with Crippen LogP contribution in [0, 0.1) is 0 Å². The highest BCUT2D eigenvalue weighted by Gasteiger charge is 2.19. The summed E-state index contributed by atoms with van der Waals surface area (Å²) in [5.41, 5.74) is 6.03. The average Bonchev–Trinajstić information content (AvgIpc) is 3.22. The van der Waals surface area contributed by atoms with Crippen LogP contribution in [0.25, 0.3) is 5.65 Å². The van der Waals surface area contributed by atoms with Crippen LogP contribution in [0.1, 0.15) is 34.1 Å². The number of hydrogen-bond donors (Lipinski definition) is 0. The number of carbonyl (C=O) groups is 1. The van der Waals surface area contributed by atoms with Crippen LogP contribution in [0.15, 0.2) is 72.9 Å². The fourth-order valence-corrected chi connectivity index (χ4v) is 4.25. The van der Waals surface area contributed by atoms with Gasteiger partial charge in [0.05, 0.1) is 11.3 Å². The molecule has 4 rings (SSSR count). The molecule has 0 fully saturated rings. The molecule has 2 aromatic heterocycles. The number of anilines is 2. The first-order valence-electron chi connectivity index (χ1n) is 11.6. The van der Waals surface area contributed by atoms with Gasteiger partial charge in [0.15, 0.2) is 0 Å². The van der Waals surface area contributed by atoms with Crippen LogP contribution in [0.2, 0.25) is 0 Å². The first-order chi connectivity index (χ1) is 16.4. The number of fused-ring (bicyclic) bond motifs is 1. The van der Waals surface area contributed by atoms with E-state index in [2.05, 4.69) is 52.4 Å². The molecular weight excluding hydrogens is 422 g/mol. The average molecular weight is 456 g/mol. The van der Waals surface area contributed by atoms with E-state index in [9.17, 15) is 4.79 Å². The monoisotopic (exact) mass is 455 g/mol. The topological polar surface area (TPSA) is 44.1 Å². The lowest BCUT2D eigenvalue weighted by Crippen LogP contribution is -2.26. The predicted molar refractivity (Wildman–Crippen MR) is 140 cm³/mol. The zero-order chi connectivity index (χ0) is 24.2. The molecule has 0 saturated carbocycles. The van der Waals surface area contributed by atoms with Gasteiger partial charge >= 0.3 is 0 Å². The molecule has 0 unspecified atom stereocenters. The predicted octanol–water partition coefficient (Wildman–Crippen LogP) is 4.87. The summed E-state index contributed by atoms with van der Waals surface area (Å²) < 4.78 is 2.05. The number of aromatic nitrogens is 2. The third-order valence-corrected chi connectivity index (χ3v) is 6.09. The van der Waals surface area contributed by atoms with Gasteiger partial charge in [-0.1, -0.05) is 49.4 Å². The Bertz CT molecular complexity index is 1260. The molecular formula is C28H33N5O. The Balaban J connectivity index is 1.61. The summed E-state index contributed by atoms with van der Waals surface area (Å²) in [6.07, 6.45) is 2.74. The van der Waals surface area contributed by atoms with Crippen molar-refractivity contribution in [3.05, 3.63) is 95.3 Å². The molecule has 0 atom stereocenters. The van der Waals surface area contributed by atoms with Crippen molar-refractivity contribution in [2.24, 2.45) is 0 Å². The summed E-state index contributed by atoms with van der Waals surface area (Å²) in [6, 6.07) is 22.4. The van der Waals surface area contributed by atoms with E-state index in [0.717, 1.165) is 35.7 Å². The second-order valence-corrected chi connectivity index (χ2v) is 8.95. The SMILES string of the molecule is CCc1nc2ccc(C(=O)N(C)Cc3ccccc3)cn2c1N(C)Cc1ccc(N(C)C)cc1. The lowest BCUT2D eigenvalue weighted by atomic mass is 10.2. The number of aryl methyl sites for hydroxylation is 1. The zero-order valence-electron chi connectivity index (χ0n) is 20.7. The Hall–Kier alpha value is -3.80. The van der Waals surface area contributed by atoms with Crippen LogP contribution >= 0.6 is 0 Å². The van der Waals surface area contributed by atoms with Crippen molar-refractivity contribution in [2.45, 2.75) is 26.4 Å². The number of imidazole rings is 1. The lowest BCUT2D eigenvalue weighted by Gasteiger charge is -2.22. The highest BCUT2D eigenvalue weighted by Crippen LogP contribution is 2.25. The van der Waals surface area contributed by atoms with Gasteiger partial charge in [0.25, 0.3) is 5.91 Å². The van der Waals surface area contributed by atoms with E-state index < -0.39 is 0 Å². The molecule has 0 aliphatic heterocycles. The molecule has 1 amide bonds. The first kappa shape index (κ1) is 23.4. The van der Waals surface area contributed by atoms with E-state index in [4.69, 9.17) is 4.98 Å². The molecule has 0 saturated heterocycles. The molecule has 2 aromatic carbocycles. The molecule has 0 aliphatic rings. The minimum absolute atomic E-state index is 0.00891. The largest absolute Gasteiger partial charge is 0.378 e. The van der Waals surface area contributed by atoms with Gasteiger partial charge in [0, 0.05) is 53.2 Å². The van der Waals surface area contributed by atoms with Gasteiger partial charge in [-0.2, -0.15) is 0 Å². The molecule has 0 aliphatic carbocycles. The molecule has 34 heavy (non-hydrogen) atoms. The van der Waals surface area contributed by atoms with Crippen molar-refractivity contribution < 1.29 is 4.79 Å². The van der Waals surface area contributed by atoms with Gasteiger partial charge in [-0.3, -0.25) is 9.20 Å². The zero-order valence-corrected chi connectivity index (χ0v) is 20.7. The van der Waals surface area contributed by atoms with E-state index in [-0.39, 0.29) is 5.91 Å². The normalized spacial score (nSPS) is 11.0. The van der Waals surface area contributed by atoms with Crippen molar-refractivity contribution in [2.75, 3.05) is 38.0 Å². The third kappa shape index (κ3) is 4.91. The molecule has 6 nitrogen and oxygen atoms in total. The molecule has 6 heteroatoms. The smallest absolute Gasteiger partial charge is 0.255 e. The quantitative estimate of drug-likeness (QED) is 0.380.